The van der Waals surface area contributed by atoms with Crippen LogP contribution in [0.5, 0.6) is 0 Å². The molecule has 0 saturated carbocycles. The average molecular weight is 337 g/mol. The molecule has 0 spiro atoms. The van der Waals surface area contributed by atoms with Crippen LogP contribution in [-0.4, -0.2) is 25.5 Å². The third-order valence-corrected chi connectivity index (χ3v) is 3.29. The number of alkyl halides is 3. The van der Waals surface area contributed by atoms with Gasteiger partial charge in [0.15, 0.2) is 6.61 Å². The van der Waals surface area contributed by atoms with Crippen molar-refractivity contribution in [3.05, 3.63) is 65.7 Å². The number of carbonyl (C=O) groups is 2. The van der Waals surface area contributed by atoms with Gasteiger partial charge < -0.3 is 9.64 Å². The topological polar surface area (TPSA) is 46.6 Å². The van der Waals surface area contributed by atoms with E-state index in [-0.39, 0.29) is 5.56 Å². The maximum absolute atomic E-state index is 12.5. The SMILES string of the molecule is CN(C(=O)COC(=O)c1ccc(C(F)(F)F)cc1)c1ccccc1. The van der Waals surface area contributed by atoms with Crippen molar-refractivity contribution >= 4 is 17.6 Å². The molecule has 0 unspecified atom stereocenters. The number of likely N-dealkylation sites (N-methyl/N-ethyl adjacent to an activating group) is 1. The first-order valence-electron chi connectivity index (χ1n) is 6.95. The van der Waals surface area contributed by atoms with Crippen LogP contribution in [-0.2, 0) is 15.7 Å². The third kappa shape index (κ3) is 4.34. The molecule has 0 aliphatic rings. The largest absolute Gasteiger partial charge is 0.452 e. The third-order valence-electron chi connectivity index (χ3n) is 3.29. The summed E-state index contributed by atoms with van der Waals surface area (Å²) in [7, 11) is 1.53. The van der Waals surface area contributed by atoms with Crippen molar-refractivity contribution in [3.63, 3.8) is 0 Å². The first-order chi connectivity index (χ1) is 11.3. The summed E-state index contributed by atoms with van der Waals surface area (Å²) in [6.07, 6.45) is -4.48. The van der Waals surface area contributed by atoms with Crippen LogP contribution in [0.1, 0.15) is 15.9 Å². The van der Waals surface area contributed by atoms with E-state index in [1.165, 1.54) is 11.9 Å². The molecule has 0 N–H and O–H groups in total. The van der Waals surface area contributed by atoms with Gasteiger partial charge in [0.1, 0.15) is 0 Å². The predicted octanol–water partition coefficient (Wildman–Crippen LogP) is 3.53. The highest BCUT2D eigenvalue weighted by Crippen LogP contribution is 2.29. The predicted molar refractivity (Wildman–Crippen MR) is 81.6 cm³/mol. The molecule has 0 saturated heterocycles. The molecule has 126 valence electrons. The Morgan fingerprint density at radius 3 is 2.12 bits per heavy atom. The van der Waals surface area contributed by atoms with Gasteiger partial charge in [0.2, 0.25) is 0 Å². The van der Waals surface area contributed by atoms with Crippen molar-refractivity contribution in [2.45, 2.75) is 6.18 Å². The second kappa shape index (κ2) is 7.16. The molecule has 7 heteroatoms. The molecule has 0 fully saturated rings. The van der Waals surface area contributed by atoms with Gasteiger partial charge in [0.25, 0.3) is 5.91 Å². The van der Waals surface area contributed by atoms with Gasteiger partial charge in [-0.2, -0.15) is 13.2 Å². The molecular formula is C17H14F3NO3. The summed E-state index contributed by atoms with van der Waals surface area (Å²) in [4.78, 5) is 25.1. The number of hydrogen-bond acceptors (Lipinski definition) is 3. The minimum atomic E-state index is -4.48. The molecule has 0 aromatic heterocycles. The van der Waals surface area contributed by atoms with Crippen LogP contribution in [0.15, 0.2) is 54.6 Å². The maximum atomic E-state index is 12.5. The number of halogens is 3. The first-order valence-corrected chi connectivity index (χ1v) is 6.95. The van der Waals surface area contributed by atoms with Crippen LogP contribution in [0, 0.1) is 0 Å². The van der Waals surface area contributed by atoms with Crippen molar-refractivity contribution < 1.29 is 27.5 Å². The molecule has 2 aromatic rings. The fourth-order valence-electron chi connectivity index (χ4n) is 1.90. The van der Waals surface area contributed by atoms with Crippen molar-refractivity contribution in [3.8, 4) is 0 Å². The average Bonchev–Trinajstić information content (AvgIpc) is 2.58. The van der Waals surface area contributed by atoms with Gasteiger partial charge in [-0.3, -0.25) is 4.79 Å². The van der Waals surface area contributed by atoms with E-state index in [9.17, 15) is 22.8 Å². The summed E-state index contributed by atoms with van der Waals surface area (Å²) >= 11 is 0. The molecule has 24 heavy (non-hydrogen) atoms. The maximum Gasteiger partial charge on any atom is 0.416 e. The Bertz CT molecular complexity index is 712. The van der Waals surface area contributed by atoms with Crippen LogP contribution in [0.2, 0.25) is 0 Å². The van der Waals surface area contributed by atoms with Crippen molar-refractivity contribution in [1.29, 1.82) is 0 Å². The van der Waals surface area contributed by atoms with Crippen molar-refractivity contribution in [2.24, 2.45) is 0 Å². The smallest absolute Gasteiger partial charge is 0.416 e. The number of amides is 1. The zero-order valence-corrected chi connectivity index (χ0v) is 12.7. The molecular weight excluding hydrogens is 323 g/mol. The normalized spacial score (nSPS) is 11.0. The lowest BCUT2D eigenvalue weighted by Gasteiger charge is -2.17. The summed E-state index contributed by atoms with van der Waals surface area (Å²) in [5.74, 6) is -1.32. The lowest BCUT2D eigenvalue weighted by Crippen LogP contribution is -2.31. The van der Waals surface area contributed by atoms with Gasteiger partial charge >= 0.3 is 12.1 Å². The van der Waals surface area contributed by atoms with Gasteiger partial charge in [-0.1, -0.05) is 18.2 Å². The van der Waals surface area contributed by atoms with E-state index in [0.717, 1.165) is 24.3 Å². The Hall–Kier alpha value is -2.83. The molecule has 2 aromatic carbocycles. The minimum absolute atomic E-state index is 0.0573. The van der Waals surface area contributed by atoms with E-state index in [0.29, 0.717) is 5.69 Å². The first kappa shape index (κ1) is 17.5. The molecule has 0 aliphatic carbocycles. The number of anilines is 1. The van der Waals surface area contributed by atoms with E-state index >= 15 is 0 Å². The van der Waals surface area contributed by atoms with Crippen LogP contribution in [0.3, 0.4) is 0 Å². The number of carbonyl (C=O) groups excluding carboxylic acids is 2. The van der Waals surface area contributed by atoms with Crippen LogP contribution in [0.4, 0.5) is 18.9 Å². The number of ether oxygens (including phenoxy) is 1. The van der Waals surface area contributed by atoms with Crippen LogP contribution < -0.4 is 4.90 Å². The van der Waals surface area contributed by atoms with Crippen LogP contribution >= 0.6 is 0 Å². The Morgan fingerprint density at radius 1 is 1.00 bits per heavy atom. The van der Waals surface area contributed by atoms with E-state index in [1.54, 1.807) is 30.3 Å². The van der Waals surface area contributed by atoms with Gasteiger partial charge in [0, 0.05) is 12.7 Å². The standard InChI is InChI=1S/C17H14F3NO3/c1-21(14-5-3-2-4-6-14)15(22)11-24-16(23)12-7-9-13(10-8-12)17(18,19)20/h2-10H,11H2,1H3. The number of esters is 1. The Morgan fingerprint density at radius 2 is 1.58 bits per heavy atom. The molecule has 0 bridgehead atoms. The molecule has 0 heterocycles. The number of nitrogens with zero attached hydrogens (tertiary/aromatic N) is 1. The van der Waals surface area contributed by atoms with E-state index in [1.807, 2.05) is 0 Å². The fourth-order valence-corrected chi connectivity index (χ4v) is 1.90. The van der Waals surface area contributed by atoms with Gasteiger partial charge in [-0.05, 0) is 36.4 Å². The number of hydrogen-bond donors (Lipinski definition) is 0. The monoisotopic (exact) mass is 337 g/mol. The molecule has 1 amide bonds. The lowest BCUT2D eigenvalue weighted by molar-refractivity contribution is -0.137. The molecule has 2 rings (SSSR count). The number of benzene rings is 2. The fraction of sp³-hybridized carbons (Fsp3) is 0.176. The van der Waals surface area contributed by atoms with E-state index < -0.39 is 30.2 Å². The summed E-state index contributed by atoms with van der Waals surface area (Å²) in [5, 5.41) is 0. The van der Waals surface area contributed by atoms with Gasteiger partial charge in [-0.15, -0.1) is 0 Å². The van der Waals surface area contributed by atoms with Gasteiger partial charge in [0.05, 0.1) is 11.1 Å². The second-order valence-corrected chi connectivity index (χ2v) is 4.94. The number of para-hydroxylation sites is 1. The second-order valence-electron chi connectivity index (χ2n) is 4.94. The quantitative estimate of drug-likeness (QED) is 0.802. The Labute approximate surface area is 136 Å². The highest BCUT2D eigenvalue weighted by molar-refractivity contribution is 5.96. The molecule has 0 aliphatic heterocycles. The summed E-state index contributed by atoms with van der Waals surface area (Å²) in [6, 6.07) is 12.3. The Kier molecular flexibility index (Phi) is 5.23. The highest BCUT2D eigenvalue weighted by atomic mass is 19.4. The van der Waals surface area contributed by atoms with Crippen molar-refractivity contribution in [1.82, 2.24) is 0 Å². The molecule has 0 radical (unpaired) electrons. The van der Waals surface area contributed by atoms with E-state index in [4.69, 9.17) is 4.74 Å². The highest BCUT2D eigenvalue weighted by Gasteiger charge is 2.30. The minimum Gasteiger partial charge on any atom is -0.452 e. The zero-order valence-electron chi connectivity index (χ0n) is 12.7. The van der Waals surface area contributed by atoms with Crippen LogP contribution in [0.25, 0.3) is 0 Å². The molecule has 0 atom stereocenters. The molecule has 4 nitrogen and oxygen atoms in total. The number of rotatable bonds is 4. The van der Waals surface area contributed by atoms with E-state index in [2.05, 4.69) is 0 Å². The summed E-state index contributed by atoms with van der Waals surface area (Å²) in [6.45, 7) is -0.509. The van der Waals surface area contributed by atoms with Crippen molar-refractivity contribution in [2.75, 3.05) is 18.6 Å². The summed E-state index contributed by atoms with van der Waals surface area (Å²) < 4.78 is 42.2. The Balaban J connectivity index is 1.94. The lowest BCUT2D eigenvalue weighted by atomic mass is 10.1. The van der Waals surface area contributed by atoms with Gasteiger partial charge in [-0.25, -0.2) is 4.79 Å². The zero-order chi connectivity index (χ0) is 17.7. The summed E-state index contributed by atoms with van der Waals surface area (Å²) in [5.41, 5.74) is -0.287.